The van der Waals surface area contributed by atoms with Crippen LogP contribution >= 0.6 is 0 Å². The number of amides is 3. The van der Waals surface area contributed by atoms with Crippen molar-refractivity contribution in [1.29, 1.82) is 0 Å². The number of likely N-dealkylation sites (tertiary alicyclic amines) is 1. The summed E-state index contributed by atoms with van der Waals surface area (Å²) in [4.78, 5) is 36.1. The lowest BCUT2D eigenvalue weighted by molar-refractivity contribution is -0.137. The van der Waals surface area contributed by atoms with Crippen LogP contribution in [0, 0.1) is 0 Å². The first-order valence-electron chi connectivity index (χ1n) is 6.56. The first-order chi connectivity index (χ1) is 8.73. The first kappa shape index (κ1) is 15.5. The summed E-state index contributed by atoms with van der Waals surface area (Å²) in [5.74, 6) is -0.353. The van der Waals surface area contributed by atoms with E-state index < -0.39 is 5.54 Å². The molecule has 108 valence electrons. The molecule has 0 saturated carbocycles. The average Bonchev–Trinajstić information content (AvgIpc) is 2.75. The van der Waals surface area contributed by atoms with E-state index in [2.05, 4.69) is 10.6 Å². The van der Waals surface area contributed by atoms with E-state index >= 15 is 0 Å². The zero-order valence-electron chi connectivity index (χ0n) is 12.1. The Morgan fingerprint density at radius 1 is 1.26 bits per heavy atom. The number of nitrogens with zero attached hydrogens (tertiary/aromatic N) is 1. The number of hydrogen-bond acceptors (Lipinski definition) is 3. The van der Waals surface area contributed by atoms with Gasteiger partial charge in [0.15, 0.2) is 0 Å². The molecule has 2 N–H and O–H groups in total. The lowest BCUT2D eigenvalue weighted by Crippen LogP contribution is -2.56. The summed E-state index contributed by atoms with van der Waals surface area (Å²) in [6.07, 6.45) is 1.55. The summed E-state index contributed by atoms with van der Waals surface area (Å²) >= 11 is 0. The zero-order valence-corrected chi connectivity index (χ0v) is 12.1. The molecule has 6 heteroatoms. The van der Waals surface area contributed by atoms with Gasteiger partial charge in [0.25, 0.3) is 0 Å². The van der Waals surface area contributed by atoms with Crippen LogP contribution in [-0.2, 0) is 14.4 Å². The third-order valence-electron chi connectivity index (χ3n) is 3.20. The number of nitrogens with one attached hydrogen (secondary N) is 2. The summed E-state index contributed by atoms with van der Waals surface area (Å²) in [6, 6.07) is -0.380. The van der Waals surface area contributed by atoms with Crippen LogP contribution in [0.25, 0.3) is 0 Å². The van der Waals surface area contributed by atoms with Gasteiger partial charge in [-0.05, 0) is 26.7 Å². The fourth-order valence-corrected chi connectivity index (χ4v) is 2.22. The number of rotatable bonds is 4. The first-order valence-corrected chi connectivity index (χ1v) is 6.56. The Morgan fingerprint density at radius 2 is 1.89 bits per heavy atom. The third kappa shape index (κ3) is 4.54. The van der Waals surface area contributed by atoms with Crippen LogP contribution in [0.4, 0.5) is 0 Å². The quantitative estimate of drug-likeness (QED) is 0.755. The summed E-state index contributed by atoms with van der Waals surface area (Å²) in [5, 5.41) is 5.57. The third-order valence-corrected chi connectivity index (χ3v) is 3.20. The van der Waals surface area contributed by atoms with Crippen LogP contribution in [-0.4, -0.2) is 47.3 Å². The number of hydrogen-bond donors (Lipinski definition) is 2. The van der Waals surface area contributed by atoms with E-state index in [0.29, 0.717) is 19.5 Å². The highest BCUT2D eigenvalue weighted by Gasteiger charge is 2.34. The van der Waals surface area contributed by atoms with Crippen molar-refractivity contribution < 1.29 is 14.4 Å². The van der Waals surface area contributed by atoms with E-state index in [1.165, 1.54) is 13.8 Å². The van der Waals surface area contributed by atoms with Crippen LogP contribution in [0.1, 0.15) is 40.5 Å². The van der Waals surface area contributed by atoms with Gasteiger partial charge in [-0.2, -0.15) is 0 Å². The lowest BCUT2D eigenvalue weighted by atomic mass is 10.0. The molecule has 1 heterocycles. The Bertz CT molecular complexity index is 379. The maximum Gasteiger partial charge on any atom is 0.243 e. The van der Waals surface area contributed by atoms with E-state index in [1.54, 1.807) is 4.90 Å². The van der Waals surface area contributed by atoms with Crippen molar-refractivity contribution >= 4 is 17.7 Å². The summed E-state index contributed by atoms with van der Waals surface area (Å²) in [6.45, 7) is 7.60. The zero-order chi connectivity index (χ0) is 14.6. The fourth-order valence-electron chi connectivity index (χ4n) is 2.22. The maximum absolute atomic E-state index is 12.2. The molecule has 0 aromatic heterocycles. The van der Waals surface area contributed by atoms with Crippen molar-refractivity contribution in [2.45, 2.75) is 52.1 Å². The van der Waals surface area contributed by atoms with E-state index in [9.17, 15) is 14.4 Å². The molecular formula is C13H23N3O3. The molecule has 1 saturated heterocycles. The van der Waals surface area contributed by atoms with Gasteiger partial charge in [0.2, 0.25) is 17.7 Å². The molecule has 0 bridgehead atoms. The van der Waals surface area contributed by atoms with Crippen molar-refractivity contribution in [3.8, 4) is 0 Å². The Hall–Kier alpha value is -1.59. The highest BCUT2D eigenvalue weighted by atomic mass is 16.2. The predicted molar refractivity (Wildman–Crippen MR) is 71.3 cm³/mol. The van der Waals surface area contributed by atoms with E-state index in [-0.39, 0.29) is 23.8 Å². The van der Waals surface area contributed by atoms with Gasteiger partial charge < -0.3 is 15.5 Å². The van der Waals surface area contributed by atoms with Gasteiger partial charge in [-0.25, -0.2) is 0 Å². The average molecular weight is 269 g/mol. The SMILES string of the molecule is CC(=O)NCC(C)(C)NC(=O)[C@@H]1CCCN1C(C)=O. The van der Waals surface area contributed by atoms with Crippen molar-refractivity contribution in [3.63, 3.8) is 0 Å². The van der Waals surface area contributed by atoms with Gasteiger partial charge in [0, 0.05) is 26.9 Å². The summed E-state index contributed by atoms with van der Waals surface area (Å²) in [7, 11) is 0. The Morgan fingerprint density at radius 3 is 2.42 bits per heavy atom. The van der Waals surface area contributed by atoms with Crippen LogP contribution < -0.4 is 10.6 Å². The molecule has 0 aromatic carbocycles. The molecule has 0 aromatic rings. The van der Waals surface area contributed by atoms with Gasteiger partial charge in [-0.3, -0.25) is 14.4 Å². The molecule has 6 nitrogen and oxygen atoms in total. The van der Waals surface area contributed by atoms with Gasteiger partial charge in [0.05, 0.1) is 5.54 Å². The van der Waals surface area contributed by atoms with Gasteiger partial charge in [-0.1, -0.05) is 0 Å². The monoisotopic (exact) mass is 269 g/mol. The molecule has 0 spiro atoms. The van der Waals surface area contributed by atoms with E-state index in [4.69, 9.17) is 0 Å². The van der Waals surface area contributed by atoms with Gasteiger partial charge in [0.1, 0.15) is 6.04 Å². The second-order valence-electron chi connectivity index (χ2n) is 5.65. The van der Waals surface area contributed by atoms with Crippen molar-refractivity contribution in [2.75, 3.05) is 13.1 Å². The molecule has 1 fully saturated rings. The minimum Gasteiger partial charge on any atom is -0.354 e. The summed E-state index contributed by atoms with van der Waals surface area (Å²) < 4.78 is 0. The minimum atomic E-state index is -0.534. The van der Waals surface area contributed by atoms with Crippen molar-refractivity contribution in [1.82, 2.24) is 15.5 Å². The molecule has 3 amide bonds. The Labute approximate surface area is 113 Å². The second kappa shape index (κ2) is 6.04. The molecule has 19 heavy (non-hydrogen) atoms. The summed E-state index contributed by atoms with van der Waals surface area (Å²) in [5.41, 5.74) is -0.534. The second-order valence-corrected chi connectivity index (χ2v) is 5.65. The Kier molecular flexibility index (Phi) is 4.91. The largest absolute Gasteiger partial charge is 0.354 e. The molecule has 1 aliphatic rings. The molecule has 1 atom stereocenters. The fraction of sp³-hybridized carbons (Fsp3) is 0.769. The van der Waals surface area contributed by atoms with Crippen molar-refractivity contribution in [3.05, 3.63) is 0 Å². The van der Waals surface area contributed by atoms with Crippen molar-refractivity contribution in [2.24, 2.45) is 0 Å². The smallest absolute Gasteiger partial charge is 0.243 e. The molecule has 1 aliphatic heterocycles. The van der Waals surface area contributed by atoms with Crippen LogP contribution in [0.2, 0.25) is 0 Å². The minimum absolute atomic E-state index is 0.0719. The molecule has 1 rings (SSSR count). The van der Waals surface area contributed by atoms with E-state index in [0.717, 1.165) is 6.42 Å². The molecular weight excluding hydrogens is 246 g/mol. The molecule has 0 aliphatic carbocycles. The highest BCUT2D eigenvalue weighted by Crippen LogP contribution is 2.18. The molecule has 0 unspecified atom stereocenters. The standard InChI is InChI=1S/C13H23N3O3/c1-9(17)14-8-13(3,4)15-12(19)11-6-5-7-16(11)10(2)18/h11H,5-8H2,1-4H3,(H,14,17)(H,15,19)/t11-/m0/s1. The van der Waals surface area contributed by atoms with Gasteiger partial charge >= 0.3 is 0 Å². The van der Waals surface area contributed by atoms with Crippen LogP contribution in [0.3, 0.4) is 0 Å². The molecule has 0 radical (unpaired) electrons. The highest BCUT2D eigenvalue weighted by molar-refractivity contribution is 5.88. The van der Waals surface area contributed by atoms with Crippen LogP contribution in [0.15, 0.2) is 0 Å². The Balaban J connectivity index is 2.58. The predicted octanol–water partition coefficient (Wildman–Crippen LogP) is 0.0282. The normalized spacial score (nSPS) is 19.2. The van der Waals surface area contributed by atoms with E-state index in [1.807, 2.05) is 13.8 Å². The van der Waals surface area contributed by atoms with Crippen LogP contribution in [0.5, 0.6) is 0 Å². The topological polar surface area (TPSA) is 78.5 Å². The lowest BCUT2D eigenvalue weighted by Gasteiger charge is -2.30. The van der Waals surface area contributed by atoms with Gasteiger partial charge in [-0.15, -0.1) is 0 Å². The number of carbonyl (C=O) groups is 3. The number of carbonyl (C=O) groups excluding carboxylic acids is 3. The maximum atomic E-state index is 12.2.